The fraction of sp³-hybridized carbons (Fsp3) is 0.471. The minimum atomic E-state index is -0.142. The van der Waals surface area contributed by atoms with Gasteiger partial charge >= 0.3 is 0 Å². The lowest BCUT2D eigenvalue weighted by molar-refractivity contribution is -0.121. The minimum absolute atomic E-state index is 0.0564. The fourth-order valence-electron chi connectivity index (χ4n) is 2.40. The van der Waals surface area contributed by atoms with Gasteiger partial charge in [-0.05, 0) is 25.0 Å². The van der Waals surface area contributed by atoms with Crippen molar-refractivity contribution in [2.24, 2.45) is 0 Å². The molecule has 1 heterocycles. The van der Waals surface area contributed by atoms with E-state index >= 15 is 0 Å². The first-order valence-electron chi connectivity index (χ1n) is 8.05. The van der Waals surface area contributed by atoms with Gasteiger partial charge in [0.1, 0.15) is 0 Å². The van der Waals surface area contributed by atoms with Crippen molar-refractivity contribution in [2.45, 2.75) is 50.7 Å². The quantitative estimate of drug-likeness (QED) is 0.575. The number of aromatic nitrogens is 2. The van der Waals surface area contributed by atoms with Crippen molar-refractivity contribution in [3.8, 4) is 0 Å². The van der Waals surface area contributed by atoms with Gasteiger partial charge in [-0.15, -0.1) is 0 Å². The number of nitrogens with zero attached hydrogens (tertiary/aromatic N) is 1. The fourth-order valence-corrected chi connectivity index (χ4v) is 3.21. The Hall–Kier alpha value is -1.82. The van der Waals surface area contributed by atoms with Gasteiger partial charge in [-0.2, -0.15) is 0 Å². The number of carbonyl (C=O) groups is 1. The predicted octanol–water partition coefficient (Wildman–Crippen LogP) is 3.10. The van der Waals surface area contributed by atoms with Crippen LogP contribution >= 0.6 is 11.8 Å². The Bertz CT molecular complexity index is 714. The zero-order chi connectivity index (χ0) is 16.7. The van der Waals surface area contributed by atoms with E-state index in [0.29, 0.717) is 28.2 Å². The third kappa shape index (κ3) is 5.10. The first-order chi connectivity index (χ1) is 11.1. The molecule has 5 nitrogen and oxygen atoms in total. The number of rotatable bonds is 8. The van der Waals surface area contributed by atoms with Crippen LogP contribution in [0.1, 0.15) is 39.5 Å². The summed E-state index contributed by atoms with van der Waals surface area (Å²) >= 11 is 1.40. The van der Waals surface area contributed by atoms with Crippen LogP contribution in [0.2, 0.25) is 0 Å². The first kappa shape index (κ1) is 17.5. The van der Waals surface area contributed by atoms with E-state index in [9.17, 15) is 9.59 Å². The Morgan fingerprint density at radius 2 is 2.13 bits per heavy atom. The Kier molecular flexibility index (Phi) is 6.65. The van der Waals surface area contributed by atoms with E-state index in [0.717, 1.165) is 19.3 Å². The normalized spacial score (nSPS) is 12.3. The molecule has 1 amide bonds. The van der Waals surface area contributed by atoms with Crippen molar-refractivity contribution in [3.63, 3.8) is 0 Å². The second kappa shape index (κ2) is 8.72. The largest absolute Gasteiger partial charge is 0.353 e. The molecule has 1 unspecified atom stereocenters. The maximum atomic E-state index is 12.0. The summed E-state index contributed by atoms with van der Waals surface area (Å²) in [5, 5.41) is 4.19. The lowest BCUT2D eigenvalue weighted by Crippen LogP contribution is -2.34. The molecule has 124 valence electrons. The SMILES string of the molecule is CCCC(CC)NC(=O)CCSc1nc2ccccc2c(=O)[nH]1. The summed E-state index contributed by atoms with van der Waals surface area (Å²) in [5.41, 5.74) is 0.536. The zero-order valence-electron chi connectivity index (χ0n) is 13.6. The van der Waals surface area contributed by atoms with Crippen LogP contribution in [-0.2, 0) is 4.79 Å². The third-order valence-electron chi connectivity index (χ3n) is 3.65. The number of hydrogen-bond donors (Lipinski definition) is 2. The van der Waals surface area contributed by atoms with Crippen LogP contribution in [0.4, 0.5) is 0 Å². The van der Waals surface area contributed by atoms with Crippen LogP contribution in [-0.4, -0.2) is 27.7 Å². The monoisotopic (exact) mass is 333 g/mol. The van der Waals surface area contributed by atoms with Gasteiger partial charge in [0.15, 0.2) is 5.16 Å². The first-order valence-corrected chi connectivity index (χ1v) is 9.03. The van der Waals surface area contributed by atoms with E-state index < -0.39 is 0 Å². The number of para-hydroxylation sites is 1. The number of fused-ring (bicyclic) bond motifs is 1. The summed E-state index contributed by atoms with van der Waals surface area (Å²) in [7, 11) is 0. The average molecular weight is 333 g/mol. The van der Waals surface area contributed by atoms with Gasteiger partial charge in [-0.3, -0.25) is 9.59 Å². The van der Waals surface area contributed by atoms with Crippen molar-refractivity contribution in [1.82, 2.24) is 15.3 Å². The summed E-state index contributed by atoms with van der Waals surface area (Å²) in [6.07, 6.45) is 3.44. The van der Waals surface area contributed by atoms with Crippen LogP contribution in [0, 0.1) is 0 Å². The second-order valence-corrected chi connectivity index (χ2v) is 6.53. The maximum Gasteiger partial charge on any atom is 0.259 e. The van der Waals surface area contributed by atoms with E-state index in [1.807, 2.05) is 18.2 Å². The molecule has 0 saturated heterocycles. The molecule has 2 rings (SSSR count). The van der Waals surface area contributed by atoms with Crippen molar-refractivity contribution >= 4 is 28.6 Å². The average Bonchev–Trinajstić information content (AvgIpc) is 2.54. The van der Waals surface area contributed by atoms with Crippen LogP contribution < -0.4 is 10.9 Å². The molecular formula is C17H23N3O2S. The highest BCUT2D eigenvalue weighted by Crippen LogP contribution is 2.15. The van der Waals surface area contributed by atoms with E-state index in [2.05, 4.69) is 29.1 Å². The van der Waals surface area contributed by atoms with Crippen LogP contribution in [0.25, 0.3) is 10.9 Å². The Morgan fingerprint density at radius 1 is 1.35 bits per heavy atom. The lowest BCUT2D eigenvalue weighted by Gasteiger charge is -2.15. The molecular weight excluding hydrogens is 310 g/mol. The molecule has 0 saturated carbocycles. The van der Waals surface area contributed by atoms with E-state index in [1.54, 1.807) is 6.07 Å². The molecule has 0 fully saturated rings. The predicted molar refractivity (Wildman–Crippen MR) is 94.8 cm³/mol. The Balaban J connectivity index is 1.89. The summed E-state index contributed by atoms with van der Waals surface area (Å²) in [5.74, 6) is 0.649. The lowest BCUT2D eigenvalue weighted by atomic mass is 10.1. The summed E-state index contributed by atoms with van der Waals surface area (Å²) in [6, 6.07) is 7.50. The van der Waals surface area contributed by atoms with Crippen molar-refractivity contribution < 1.29 is 4.79 Å². The number of nitrogens with one attached hydrogen (secondary N) is 2. The Morgan fingerprint density at radius 3 is 2.87 bits per heavy atom. The smallest absolute Gasteiger partial charge is 0.259 e. The molecule has 23 heavy (non-hydrogen) atoms. The van der Waals surface area contributed by atoms with Gasteiger partial charge in [0.05, 0.1) is 10.9 Å². The molecule has 0 aliphatic rings. The number of carbonyl (C=O) groups excluding carboxylic acids is 1. The molecule has 0 spiro atoms. The van der Waals surface area contributed by atoms with Gasteiger partial charge in [0.25, 0.3) is 5.56 Å². The molecule has 2 aromatic rings. The maximum absolute atomic E-state index is 12.0. The standard InChI is InChI=1S/C17H23N3O2S/c1-3-7-12(4-2)18-15(21)10-11-23-17-19-14-9-6-5-8-13(14)16(22)20-17/h5-6,8-9,12H,3-4,7,10-11H2,1-2H3,(H,18,21)(H,19,20,22). The number of amides is 1. The minimum Gasteiger partial charge on any atom is -0.353 e. The highest BCUT2D eigenvalue weighted by molar-refractivity contribution is 7.99. The summed E-state index contributed by atoms with van der Waals surface area (Å²) < 4.78 is 0. The number of H-pyrrole nitrogens is 1. The van der Waals surface area contributed by atoms with Crippen molar-refractivity contribution in [1.29, 1.82) is 0 Å². The molecule has 0 aliphatic heterocycles. The molecule has 1 atom stereocenters. The zero-order valence-corrected chi connectivity index (χ0v) is 14.4. The summed E-state index contributed by atoms with van der Waals surface area (Å²) in [6.45, 7) is 4.20. The van der Waals surface area contributed by atoms with Gasteiger partial charge in [0, 0.05) is 18.2 Å². The summed E-state index contributed by atoms with van der Waals surface area (Å²) in [4.78, 5) is 31.1. The highest BCUT2D eigenvalue weighted by atomic mass is 32.2. The van der Waals surface area contributed by atoms with Gasteiger partial charge in [0.2, 0.25) is 5.91 Å². The second-order valence-electron chi connectivity index (χ2n) is 5.45. The van der Waals surface area contributed by atoms with Crippen molar-refractivity contribution in [2.75, 3.05) is 5.75 Å². The number of thioether (sulfide) groups is 1. The van der Waals surface area contributed by atoms with Gasteiger partial charge in [-0.25, -0.2) is 4.98 Å². The molecule has 6 heteroatoms. The van der Waals surface area contributed by atoms with Crippen molar-refractivity contribution in [3.05, 3.63) is 34.6 Å². The Labute approximate surface area is 140 Å². The van der Waals surface area contributed by atoms with Gasteiger partial charge in [-0.1, -0.05) is 44.2 Å². The van der Waals surface area contributed by atoms with E-state index in [4.69, 9.17) is 0 Å². The van der Waals surface area contributed by atoms with Crippen LogP contribution in [0.5, 0.6) is 0 Å². The third-order valence-corrected chi connectivity index (χ3v) is 4.53. The van der Waals surface area contributed by atoms with E-state index in [1.165, 1.54) is 11.8 Å². The molecule has 0 aliphatic carbocycles. The number of aromatic amines is 1. The molecule has 1 aromatic heterocycles. The van der Waals surface area contributed by atoms with Gasteiger partial charge < -0.3 is 10.3 Å². The number of hydrogen-bond acceptors (Lipinski definition) is 4. The molecule has 0 radical (unpaired) electrons. The topological polar surface area (TPSA) is 74.8 Å². The molecule has 0 bridgehead atoms. The molecule has 2 N–H and O–H groups in total. The van der Waals surface area contributed by atoms with Crippen LogP contribution in [0.3, 0.4) is 0 Å². The number of benzene rings is 1. The highest BCUT2D eigenvalue weighted by Gasteiger charge is 2.10. The van der Waals surface area contributed by atoms with E-state index in [-0.39, 0.29) is 17.5 Å². The molecule has 1 aromatic carbocycles. The van der Waals surface area contributed by atoms with Crippen LogP contribution in [0.15, 0.2) is 34.2 Å².